The molecular weight excluding hydrogens is 216 g/mol. The van der Waals surface area contributed by atoms with Gasteiger partial charge in [0.25, 0.3) is 5.89 Å². The number of rotatable bonds is 4. The summed E-state index contributed by atoms with van der Waals surface area (Å²) >= 11 is 1.41. The van der Waals surface area contributed by atoms with Gasteiger partial charge in [-0.1, -0.05) is 5.16 Å². The number of nitrogens with two attached hydrogens (primary N) is 1. The van der Waals surface area contributed by atoms with E-state index in [-0.39, 0.29) is 5.89 Å². The van der Waals surface area contributed by atoms with Crippen molar-refractivity contribution in [3.8, 4) is 10.7 Å². The molecule has 0 spiro atoms. The normalized spacial score (nSPS) is 12.9. The van der Waals surface area contributed by atoms with Crippen LogP contribution in [0.1, 0.15) is 18.4 Å². The first-order chi connectivity index (χ1) is 7.31. The van der Waals surface area contributed by atoms with Crippen LogP contribution >= 0.6 is 11.3 Å². The number of hydrogen-bond donors (Lipinski definition) is 2. The Balaban J connectivity index is 2.17. The summed E-state index contributed by atoms with van der Waals surface area (Å²) in [6, 6.07) is 0. The van der Waals surface area contributed by atoms with Gasteiger partial charge >= 0.3 is 0 Å². The molecule has 0 aliphatic rings. The molecule has 0 radical (unpaired) electrons. The van der Waals surface area contributed by atoms with Crippen molar-refractivity contribution in [3.63, 3.8) is 0 Å². The SMILES string of the molecule is NCCC(O)c1nc(-c2cncs2)no1. The molecule has 0 fully saturated rings. The second-order valence-corrected chi connectivity index (χ2v) is 3.80. The minimum Gasteiger partial charge on any atom is -0.383 e. The van der Waals surface area contributed by atoms with Gasteiger partial charge in [0, 0.05) is 6.20 Å². The number of aliphatic hydroxyl groups excluding tert-OH is 1. The smallest absolute Gasteiger partial charge is 0.255 e. The highest BCUT2D eigenvalue weighted by Crippen LogP contribution is 2.22. The van der Waals surface area contributed by atoms with E-state index in [9.17, 15) is 5.11 Å². The van der Waals surface area contributed by atoms with Crippen molar-refractivity contribution in [3.05, 3.63) is 17.6 Å². The van der Waals surface area contributed by atoms with E-state index >= 15 is 0 Å². The molecule has 0 saturated heterocycles. The van der Waals surface area contributed by atoms with E-state index < -0.39 is 6.10 Å². The van der Waals surface area contributed by atoms with Crippen LogP contribution in [0.4, 0.5) is 0 Å². The fourth-order valence-electron chi connectivity index (χ4n) is 1.08. The summed E-state index contributed by atoms with van der Waals surface area (Å²) in [5.74, 6) is 0.646. The van der Waals surface area contributed by atoms with Gasteiger partial charge in [0.15, 0.2) is 0 Å². The zero-order valence-electron chi connectivity index (χ0n) is 7.83. The molecule has 3 N–H and O–H groups in total. The van der Waals surface area contributed by atoms with Crippen molar-refractivity contribution >= 4 is 11.3 Å². The first-order valence-electron chi connectivity index (χ1n) is 4.42. The molecule has 0 bridgehead atoms. The van der Waals surface area contributed by atoms with Gasteiger partial charge in [-0.3, -0.25) is 4.98 Å². The summed E-state index contributed by atoms with van der Waals surface area (Å²) in [6.45, 7) is 0.374. The van der Waals surface area contributed by atoms with Gasteiger partial charge in [0.2, 0.25) is 5.82 Å². The molecule has 6 nitrogen and oxygen atoms in total. The molecular formula is C8H10N4O2S. The van der Waals surface area contributed by atoms with Gasteiger partial charge in [-0.2, -0.15) is 4.98 Å². The fourth-order valence-corrected chi connectivity index (χ4v) is 1.62. The van der Waals surface area contributed by atoms with Gasteiger partial charge in [-0.05, 0) is 13.0 Å². The molecule has 0 aromatic carbocycles. The van der Waals surface area contributed by atoms with Crippen molar-refractivity contribution in [1.29, 1.82) is 0 Å². The molecule has 0 aliphatic carbocycles. The Morgan fingerprint density at radius 1 is 1.60 bits per heavy atom. The minimum absolute atomic E-state index is 0.198. The lowest BCUT2D eigenvalue weighted by Crippen LogP contribution is -2.06. The highest BCUT2D eigenvalue weighted by molar-refractivity contribution is 7.13. The van der Waals surface area contributed by atoms with Gasteiger partial charge in [0.1, 0.15) is 6.10 Å². The summed E-state index contributed by atoms with van der Waals surface area (Å²) in [6.07, 6.45) is 1.27. The topological polar surface area (TPSA) is 98.1 Å². The number of thiazole rings is 1. The van der Waals surface area contributed by atoms with Crippen molar-refractivity contribution in [2.45, 2.75) is 12.5 Å². The Morgan fingerprint density at radius 3 is 3.13 bits per heavy atom. The van der Waals surface area contributed by atoms with Crippen LogP contribution in [-0.2, 0) is 0 Å². The van der Waals surface area contributed by atoms with Crippen LogP contribution in [0.25, 0.3) is 10.7 Å². The van der Waals surface area contributed by atoms with E-state index in [4.69, 9.17) is 10.3 Å². The number of nitrogens with zero attached hydrogens (tertiary/aromatic N) is 3. The van der Waals surface area contributed by atoms with Crippen LogP contribution in [0.5, 0.6) is 0 Å². The van der Waals surface area contributed by atoms with Crippen LogP contribution in [0.2, 0.25) is 0 Å². The third-order valence-electron chi connectivity index (χ3n) is 1.82. The molecule has 7 heteroatoms. The molecule has 0 aliphatic heterocycles. The molecule has 0 amide bonds. The number of aromatic nitrogens is 3. The van der Waals surface area contributed by atoms with Gasteiger partial charge in [0.05, 0.1) is 10.4 Å². The largest absolute Gasteiger partial charge is 0.383 e. The van der Waals surface area contributed by atoms with E-state index in [1.54, 1.807) is 11.7 Å². The highest BCUT2D eigenvalue weighted by Gasteiger charge is 2.16. The highest BCUT2D eigenvalue weighted by atomic mass is 32.1. The van der Waals surface area contributed by atoms with Crippen LogP contribution in [0, 0.1) is 0 Å². The third-order valence-corrected chi connectivity index (χ3v) is 2.59. The first-order valence-corrected chi connectivity index (χ1v) is 5.30. The lowest BCUT2D eigenvalue weighted by molar-refractivity contribution is 0.127. The van der Waals surface area contributed by atoms with Crippen LogP contribution in [0.15, 0.2) is 16.2 Å². The number of aliphatic hydroxyl groups is 1. The maximum absolute atomic E-state index is 9.54. The Kier molecular flexibility index (Phi) is 3.05. The molecule has 2 aromatic rings. The second kappa shape index (κ2) is 4.47. The van der Waals surface area contributed by atoms with Crippen LogP contribution < -0.4 is 5.73 Å². The maximum Gasteiger partial charge on any atom is 0.255 e. The predicted molar refractivity (Wildman–Crippen MR) is 54.0 cm³/mol. The predicted octanol–water partition coefficient (Wildman–Crippen LogP) is 0.575. The lowest BCUT2D eigenvalue weighted by atomic mass is 10.2. The Hall–Kier alpha value is -1.31. The quantitative estimate of drug-likeness (QED) is 0.791. The van der Waals surface area contributed by atoms with Crippen LogP contribution in [-0.4, -0.2) is 26.8 Å². The molecule has 15 heavy (non-hydrogen) atoms. The Bertz CT molecular complexity index is 414. The minimum atomic E-state index is -0.788. The molecule has 1 atom stereocenters. The molecule has 2 aromatic heterocycles. The molecule has 0 saturated carbocycles. The van der Waals surface area contributed by atoms with E-state index in [0.29, 0.717) is 18.8 Å². The van der Waals surface area contributed by atoms with E-state index in [1.165, 1.54) is 11.3 Å². The van der Waals surface area contributed by atoms with Crippen molar-refractivity contribution < 1.29 is 9.63 Å². The maximum atomic E-state index is 9.54. The fraction of sp³-hybridized carbons (Fsp3) is 0.375. The molecule has 80 valence electrons. The lowest BCUT2D eigenvalue weighted by Gasteiger charge is -2.00. The summed E-state index contributed by atoms with van der Waals surface area (Å²) in [7, 11) is 0. The van der Waals surface area contributed by atoms with Crippen LogP contribution in [0.3, 0.4) is 0 Å². The molecule has 2 rings (SSSR count). The standard InChI is InChI=1S/C8H10N4O2S/c9-2-1-5(13)8-11-7(12-14-8)6-3-10-4-15-6/h3-5,13H,1-2,9H2. The van der Waals surface area contributed by atoms with Crippen molar-refractivity contribution in [2.75, 3.05) is 6.54 Å². The van der Waals surface area contributed by atoms with Gasteiger partial charge in [-0.15, -0.1) is 11.3 Å². The second-order valence-electron chi connectivity index (χ2n) is 2.92. The summed E-state index contributed by atoms with van der Waals surface area (Å²) < 4.78 is 4.92. The average molecular weight is 226 g/mol. The number of hydrogen-bond acceptors (Lipinski definition) is 7. The van der Waals surface area contributed by atoms with Crippen molar-refractivity contribution in [1.82, 2.24) is 15.1 Å². The van der Waals surface area contributed by atoms with E-state index in [1.807, 2.05) is 0 Å². The summed E-state index contributed by atoms with van der Waals surface area (Å²) in [5.41, 5.74) is 6.99. The summed E-state index contributed by atoms with van der Waals surface area (Å²) in [5, 5.41) is 13.3. The molecule has 2 heterocycles. The Morgan fingerprint density at radius 2 is 2.47 bits per heavy atom. The first kappa shape index (κ1) is 10.2. The van der Waals surface area contributed by atoms with E-state index in [2.05, 4.69) is 15.1 Å². The molecule has 1 unspecified atom stereocenters. The summed E-state index contributed by atoms with van der Waals surface area (Å²) in [4.78, 5) is 8.77. The average Bonchev–Trinajstić information content (AvgIpc) is 2.89. The zero-order chi connectivity index (χ0) is 10.7. The Labute approximate surface area is 89.8 Å². The van der Waals surface area contributed by atoms with E-state index in [0.717, 1.165) is 4.88 Å². The zero-order valence-corrected chi connectivity index (χ0v) is 8.65. The monoisotopic (exact) mass is 226 g/mol. The van der Waals surface area contributed by atoms with Gasteiger partial charge in [-0.25, -0.2) is 0 Å². The third kappa shape index (κ3) is 2.20. The van der Waals surface area contributed by atoms with Gasteiger partial charge < -0.3 is 15.4 Å². The van der Waals surface area contributed by atoms with Crippen molar-refractivity contribution in [2.24, 2.45) is 5.73 Å².